The van der Waals surface area contributed by atoms with Gasteiger partial charge < -0.3 is 14.7 Å². The number of benzene rings is 1. The van der Waals surface area contributed by atoms with Crippen molar-refractivity contribution in [3.05, 3.63) is 56.1 Å². The van der Waals surface area contributed by atoms with Gasteiger partial charge in [0.2, 0.25) is 0 Å². The molecule has 4 rings (SSSR count). The van der Waals surface area contributed by atoms with Gasteiger partial charge in [-0.2, -0.15) is 0 Å². The molecule has 0 bridgehead atoms. The maximum atomic E-state index is 12.9. The van der Waals surface area contributed by atoms with E-state index in [-0.39, 0.29) is 5.56 Å². The average Bonchev–Trinajstić information content (AvgIpc) is 3.13. The van der Waals surface area contributed by atoms with Gasteiger partial charge in [0, 0.05) is 51.4 Å². The second-order valence-corrected chi connectivity index (χ2v) is 8.18. The van der Waals surface area contributed by atoms with E-state index in [0.717, 1.165) is 55.8 Å². The van der Waals surface area contributed by atoms with Crippen molar-refractivity contribution in [2.24, 2.45) is 0 Å². The molecule has 2 fully saturated rings. The molecule has 2 aliphatic heterocycles. The third kappa shape index (κ3) is 5.16. The van der Waals surface area contributed by atoms with Crippen LogP contribution in [0.25, 0.3) is 0 Å². The monoisotopic (exact) mass is 455 g/mol. The number of nitro groups is 2. The Balaban J connectivity index is 1.40. The van der Waals surface area contributed by atoms with Gasteiger partial charge in [0.25, 0.3) is 17.3 Å². The van der Waals surface area contributed by atoms with Gasteiger partial charge in [-0.3, -0.25) is 25.0 Å². The summed E-state index contributed by atoms with van der Waals surface area (Å²) in [7, 11) is 0. The molecule has 0 N–H and O–H groups in total. The Morgan fingerprint density at radius 1 is 0.727 bits per heavy atom. The number of hydrogen-bond acceptors (Lipinski definition) is 9. The molecule has 33 heavy (non-hydrogen) atoms. The van der Waals surface area contributed by atoms with Crippen molar-refractivity contribution >= 4 is 28.9 Å². The van der Waals surface area contributed by atoms with Gasteiger partial charge in [0.05, 0.1) is 21.5 Å². The minimum absolute atomic E-state index is 0.0639. The molecule has 0 radical (unpaired) electrons. The molecule has 1 aromatic heterocycles. The number of carbonyl (C=O) groups excluding carboxylic acids is 1. The summed E-state index contributed by atoms with van der Waals surface area (Å²) in [4.78, 5) is 39.4. The van der Waals surface area contributed by atoms with E-state index >= 15 is 0 Å². The largest absolute Gasteiger partial charge is 0.355 e. The zero-order valence-electron chi connectivity index (χ0n) is 18.1. The molecule has 0 saturated carbocycles. The van der Waals surface area contributed by atoms with Gasteiger partial charge in [0.15, 0.2) is 11.6 Å². The Labute approximate surface area is 190 Å². The number of carbonyl (C=O) groups is 1. The minimum Gasteiger partial charge on any atom is -0.355 e. The van der Waals surface area contributed by atoms with Crippen LogP contribution >= 0.6 is 0 Å². The van der Waals surface area contributed by atoms with Crippen LogP contribution in [0.15, 0.2) is 30.3 Å². The summed E-state index contributed by atoms with van der Waals surface area (Å²) in [6, 6.07) is 6.92. The molecule has 12 nitrogen and oxygen atoms in total. The molecule has 2 saturated heterocycles. The summed E-state index contributed by atoms with van der Waals surface area (Å²) in [6.07, 6.45) is 4.81. The first-order chi connectivity index (χ1) is 15.9. The van der Waals surface area contributed by atoms with Gasteiger partial charge in [-0.05, 0) is 25.0 Å². The molecule has 1 amide bonds. The highest BCUT2D eigenvalue weighted by atomic mass is 16.6. The first kappa shape index (κ1) is 22.4. The average molecular weight is 455 g/mol. The topological polar surface area (TPSA) is 139 Å². The van der Waals surface area contributed by atoms with Gasteiger partial charge in [-0.1, -0.05) is 12.8 Å². The number of hydrogen-bond donors (Lipinski definition) is 0. The standard InChI is InChI=1S/C21H25N7O5/c29-21(16-13-17(27(30)31)15-18(14-16)28(32)33)26-11-9-25(10-12-26)20-6-5-19(22-23-20)24-7-3-1-2-4-8-24/h5-6,13-15H,1-4,7-12H2. The third-order valence-corrected chi connectivity index (χ3v) is 6.03. The number of non-ortho nitro benzene ring substituents is 2. The van der Waals surface area contributed by atoms with E-state index in [2.05, 4.69) is 15.1 Å². The number of nitro benzene ring substituents is 2. The van der Waals surface area contributed by atoms with Crippen LogP contribution in [0.4, 0.5) is 23.0 Å². The van der Waals surface area contributed by atoms with Crippen LogP contribution in [0.2, 0.25) is 0 Å². The summed E-state index contributed by atoms with van der Waals surface area (Å²) in [6.45, 7) is 3.74. The Morgan fingerprint density at radius 3 is 1.67 bits per heavy atom. The lowest BCUT2D eigenvalue weighted by molar-refractivity contribution is -0.394. The van der Waals surface area contributed by atoms with Crippen LogP contribution in [0, 0.1) is 20.2 Å². The summed E-state index contributed by atoms with van der Waals surface area (Å²) in [5.41, 5.74) is -1.03. The third-order valence-electron chi connectivity index (χ3n) is 6.03. The summed E-state index contributed by atoms with van der Waals surface area (Å²) < 4.78 is 0. The minimum atomic E-state index is -0.740. The number of piperazine rings is 1. The number of nitrogens with zero attached hydrogens (tertiary/aromatic N) is 7. The second kappa shape index (κ2) is 9.76. The molecule has 12 heteroatoms. The first-order valence-electron chi connectivity index (χ1n) is 11.0. The first-order valence-corrected chi connectivity index (χ1v) is 11.0. The molecule has 0 aliphatic carbocycles. The normalized spacial score (nSPS) is 16.9. The highest BCUT2D eigenvalue weighted by Gasteiger charge is 2.26. The number of anilines is 2. The lowest BCUT2D eigenvalue weighted by Crippen LogP contribution is -2.49. The van der Waals surface area contributed by atoms with E-state index in [0.29, 0.717) is 26.2 Å². The van der Waals surface area contributed by atoms with Crippen molar-refractivity contribution in [1.29, 1.82) is 0 Å². The van der Waals surface area contributed by atoms with Gasteiger partial charge in [-0.25, -0.2) is 0 Å². The Morgan fingerprint density at radius 2 is 1.21 bits per heavy atom. The van der Waals surface area contributed by atoms with Gasteiger partial charge >= 0.3 is 0 Å². The summed E-state index contributed by atoms with van der Waals surface area (Å²) >= 11 is 0. The molecular weight excluding hydrogens is 430 g/mol. The predicted octanol–water partition coefficient (Wildman–Crippen LogP) is 2.64. The lowest BCUT2D eigenvalue weighted by Gasteiger charge is -2.35. The van der Waals surface area contributed by atoms with E-state index in [1.54, 1.807) is 0 Å². The molecule has 2 aromatic rings. The molecular formula is C21H25N7O5. The Hall–Kier alpha value is -3.83. The quantitative estimate of drug-likeness (QED) is 0.491. The van der Waals surface area contributed by atoms with Crippen LogP contribution in [-0.4, -0.2) is 70.1 Å². The van der Waals surface area contributed by atoms with Crippen LogP contribution in [0.1, 0.15) is 36.0 Å². The maximum absolute atomic E-state index is 12.9. The van der Waals surface area contributed by atoms with E-state index < -0.39 is 27.1 Å². The summed E-state index contributed by atoms with van der Waals surface area (Å²) in [5.74, 6) is 1.14. The zero-order chi connectivity index (χ0) is 23.4. The highest BCUT2D eigenvalue weighted by Crippen LogP contribution is 2.25. The van der Waals surface area contributed by atoms with Crippen molar-refractivity contribution in [2.45, 2.75) is 25.7 Å². The number of amides is 1. The van der Waals surface area contributed by atoms with Gasteiger partial charge in [-0.15, -0.1) is 10.2 Å². The molecule has 2 aliphatic rings. The van der Waals surface area contributed by atoms with E-state index in [1.165, 1.54) is 17.7 Å². The lowest BCUT2D eigenvalue weighted by atomic mass is 10.1. The van der Waals surface area contributed by atoms with Crippen molar-refractivity contribution in [3.8, 4) is 0 Å². The molecule has 3 heterocycles. The summed E-state index contributed by atoms with van der Waals surface area (Å²) in [5, 5.41) is 31.0. The molecule has 0 atom stereocenters. The van der Waals surface area contributed by atoms with E-state index in [1.807, 2.05) is 17.0 Å². The number of aromatic nitrogens is 2. The van der Waals surface area contributed by atoms with Crippen LogP contribution < -0.4 is 9.80 Å². The fourth-order valence-corrected chi connectivity index (χ4v) is 4.21. The van der Waals surface area contributed by atoms with Crippen molar-refractivity contribution in [2.75, 3.05) is 49.1 Å². The Bertz CT molecular complexity index is 998. The zero-order valence-corrected chi connectivity index (χ0v) is 18.1. The van der Waals surface area contributed by atoms with E-state index in [9.17, 15) is 25.0 Å². The molecule has 0 unspecified atom stereocenters. The number of rotatable bonds is 5. The predicted molar refractivity (Wildman–Crippen MR) is 121 cm³/mol. The van der Waals surface area contributed by atoms with Crippen molar-refractivity contribution < 1.29 is 14.6 Å². The van der Waals surface area contributed by atoms with E-state index in [4.69, 9.17) is 0 Å². The highest BCUT2D eigenvalue weighted by molar-refractivity contribution is 5.95. The molecule has 0 spiro atoms. The fraction of sp³-hybridized carbons (Fsp3) is 0.476. The van der Waals surface area contributed by atoms with Crippen molar-refractivity contribution in [3.63, 3.8) is 0 Å². The van der Waals surface area contributed by atoms with Gasteiger partial charge in [0.1, 0.15) is 0 Å². The van der Waals surface area contributed by atoms with Crippen molar-refractivity contribution in [1.82, 2.24) is 15.1 Å². The smallest absolute Gasteiger partial charge is 0.277 e. The fourth-order valence-electron chi connectivity index (χ4n) is 4.21. The molecule has 1 aromatic carbocycles. The van der Waals surface area contributed by atoms with Crippen LogP contribution in [0.3, 0.4) is 0 Å². The van der Waals surface area contributed by atoms with Crippen LogP contribution in [-0.2, 0) is 0 Å². The SMILES string of the molecule is O=C(c1cc([N+](=O)[O-])cc([N+](=O)[O-])c1)N1CCN(c2ccc(N3CCCCCC3)nn2)CC1. The second-order valence-electron chi connectivity index (χ2n) is 8.18. The van der Waals surface area contributed by atoms with Crippen LogP contribution in [0.5, 0.6) is 0 Å². The maximum Gasteiger partial charge on any atom is 0.277 e. The Kier molecular flexibility index (Phi) is 6.61. The molecule has 174 valence electrons.